The number of nitriles is 1. The smallest absolute Gasteiger partial charge is 0.328 e. The van der Waals surface area contributed by atoms with E-state index >= 15 is 0 Å². The summed E-state index contributed by atoms with van der Waals surface area (Å²) in [6, 6.07) is 7.48. The number of carboxylic acid groups (broad SMARTS) is 1. The number of aryl methyl sites for hydroxylation is 1. The summed E-state index contributed by atoms with van der Waals surface area (Å²) >= 11 is 0. The Morgan fingerprint density at radius 1 is 1.50 bits per heavy atom. The molecule has 0 saturated heterocycles. The second-order valence-electron chi connectivity index (χ2n) is 4.72. The van der Waals surface area contributed by atoms with Gasteiger partial charge in [-0.1, -0.05) is 0 Å². The van der Waals surface area contributed by atoms with Crippen molar-refractivity contribution in [3.05, 3.63) is 29.3 Å². The van der Waals surface area contributed by atoms with E-state index in [1.807, 2.05) is 24.8 Å². The molecule has 1 aromatic rings. The quantitative estimate of drug-likeness (QED) is 0.886. The van der Waals surface area contributed by atoms with Gasteiger partial charge in [0.2, 0.25) is 0 Å². The van der Waals surface area contributed by atoms with Crippen molar-refractivity contribution in [1.82, 2.24) is 0 Å². The number of hydrogen-bond donors (Lipinski definition) is 1. The van der Waals surface area contributed by atoms with Crippen LogP contribution < -0.4 is 4.90 Å². The van der Waals surface area contributed by atoms with Crippen LogP contribution in [0.25, 0.3) is 0 Å². The van der Waals surface area contributed by atoms with Crippen molar-refractivity contribution >= 4 is 11.7 Å². The summed E-state index contributed by atoms with van der Waals surface area (Å²) < 4.78 is 0. The van der Waals surface area contributed by atoms with Crippen molar-refractivity contribution < 1.29 is 9.90 Å². The van der Waals surface area contributed by atoms with Crippen LogP contribution in [0.5, 0.6) is 0 Å². The Kier molecular flexibility index (Phi) is 3.97. The van der Waals surface area contributed by atoms with Gasteiger partial charge in [0.15, 0.2) is 0 Å². The molecule has 0 aliphatic heterocycles. The first-order chi connectivity index (χ1) is 8.34. The van der Waals surface area contributed by atoms with Gasteiger partial charge in [0, 0.05) is 12.2 Å². The summed E-state index contributed by atoms with van der Waals surface area (Å²) in [4.78, 5) is 13.1. The fourth-order valence-electron chi connectivity index (χ4n) is 1.96. The minimum atomic E-state index is -0.977. The molecule has 0 fully saturated rings. The Bertz CT molecular complexity index is 501. The Morgan fingerprint density at radius 2 is 2.11 bits per heavy atom. The number of benzene rings is 1. The molecule has 0 radical (unpaired) electrons. The van der Waals surface area contributed by atoms with Gasteiger partial charge in [0.25, 0.3) is 0 Å². The summed E-state index contributed by atoms with van der Waals surface area (Å²) in [5, 5.41) is 18.2. The third kappa shape index (κ3) is 2.45. The Hall–Kier alpha value is -2.02. The van der Waals surface area contributed by atoms with Crippen LogP contribution in [0.3, 0.4) is 0 Å². The lowest BCUT2D eigenvalue weighted by molar-refractivity contribution is -0.142. The molecule has 1 rings (SSSR count). The first kappa shape index (κ1) is 14.0. The molecule has 4 nitrogen and oxygen atoms in total. The molecule has 0 amide bonds. The second-order valence-corrected chi connectivity index (χ2v) is 4.72. The van der Waals surface area contributed by atoms with Gasteiger partial charge in [0.05, 0.1) is 11.6 Å². The SMILES string of the molecule is CCN(c1ccc(C#N)c(C)c1)C(C)(C)C(=O)O. The number of carboxylic acids is 1. The number of hydrogen-bond acceptors (Lipinski definition) is 3. The minimum absolute atomic E-state index is 0.588. The van der Waals surface area contributed by atoms with Gasteiger partial charge < -0.3 is 10.0 Å². The molecule has 96 valence electrons. The molecule has 1 aromatic carbocycles. The lowest BCUT2D eigenvalue weighted by Crippen LogP contribution is -2.50. The molecule has 0 bridgehead atoms. The number of aliphatic carboxylic acids is 1. The van der Waals surface area contributed by atoms with Crippen molar-refractivity contribution in [3.63, 3.8) is 0 Å². The molecular weight excluding hydrogens is 228 g/mol. The van der Waals surface area contributed by atoms with E-state index in [1.54, 1.807) is 26.0 Å². The molecule has 0 atom stereocenters. The fourth-order valence-corrected chi connectivity index (χ4v) is 1.96. The van der Waals surface area contributed by atoms with E-state index in [1.165, 1.54) is 0 Å². The van der Waals surface area contributed by atoms with Crippen LogP contribution in [-0.4, -0.2) is 23.2 Å². The molecule has 0 aromatic heterocycles. The van der Waals surface area contributed by atoms with E-state index < -0.39 is 11.5 Å². The molecule has 4 heteroatoms. The highest BCUT2D eigenvalue weighted by molar-refractivity contribution is 5.82. The zero-order chi connectivity index (χ0) is 13.9. The molecule has 0 heterocycles. The highest BCUT2D eigenvalue weighted by atomic mass is 16.4. The van der Waals surface area contributed by atoms with Crippen LogP contribution >= 0.6 is 0 Å². The van der Waals surface area contributed by atoms with Gasteiger partial charge in [0.1, 0.15) is 5.54 Å². The maximum atomic E-state index is 11.3. The first-order valence-corrected chi connectivity index (χ1v) is 5.86. The molecule has 18 heavy (non-hydrogen) atoms. The van der Waals surface area contributed by atoms with Gasteiger partial charge in [-0.25, -0.2) is 4.79 Å². The maximum absolute atomic E-state index is 11.3. The zero-order valence-electron chi connectivity index (χ0n) is 11.2. The van der Waals surface area contributed by atoms with Crippen molar-refractivity contribution in [2.24, 2.45) is 0 Å². The van der Waals surface area contributed by atoms with Crippen LogP contribution in [0, 0.1) is 18.3 Å². The standard InChI is InChI=1S/C14H18N2O2/c1-5-16(14(3,4)13(17)18)12-7-6-11(9-15)10(2)8-12/h6-8H,5H2,1-4H3,(H,17,18). The third-order valence-electron chi connectivity index (χ3n) is 3.16. The van der Waals surface area contributed by atoms with Gasteiger partial charge in [-0.2, -0.15) is 5.26 Å². The average molecular weight is 246 g/mol. The predicted octanol–water partition coefficient (Wildman–Crippen LogP) is 2.56. The number of anilines is 1. The second kappa shape index (κ2) is 5.09. The topological polar surface area (TPSA) is 64.3 Å². The number of carbonyl (C=O) groups is 1. The highest BCUT2D eigenvalue weighted by Crippen LogP contribution is 2.26. The van der Waals surface area contributed by atoms with Gasteiger partial charge in [-0.15, -0.1) is 0 Å². The fraction of sp³-hybridized carbons (Fsp3) is 0.429. The van der Waals surface area contributed by atoms with E-state index in [0.717, 1.165) is 11.3 Å². The van der Waals surface area contributed by atoms with Crippen LogP contribution in [-0.2, 0) is 4.79 Å². The molecule has 0 aliphatic rings. The minimum Gasteiger partial charge on any atom is -0.480 e. The Balaban J connectivity index is 3.23. The Morgan fingerprint density at radius 3 is 2.50 bits per heavy atom. The van der Waals surface area contributed by atoms with Crippen LogP contribution in [0.15, 0.2) is 18.2 Å². The number of rotatable bonds is 4. The monoisotopic (exact) mass is 246 g/mol. The van der Waals surface area contributed by atoms with Gasteiger partial charge >= 0.3 is 5.97 Å². The van der Waals surface area contributed by atoms with Crippen LogP contribution in [0.2, 0.25) is 0 Å². The first-order valence-electron chi connectivity index (χ1n) is 5.86. The van der Waals surface area contributed by atoms with E-state index in [2.05, 4.69) is 6.07 Å². The summed E-state index contributed by atoms with van der Waals surface area (Å²) in [6.07, 6.45) is 0. The summed E-state index contributed by atoms with van der Waals surface area (Å²) in [6.45, 7) is 7.70. The zero-order valence-corrected chi connectivity index (χ0v) is 11.2. The molecule has 0 spiro atoms. The molecule has 0 unspecified atom stereocenters. The third-order valence-corrected chi connectivity index (χ3v) is 3.16. The average Bonchev–Trinajstić information content (AvgIpc) is 2.29. The van der Waals surface area contributed by atoms with Crippen LogP contribution in [0.4, 0.5) is 5.69 Å². The maximum Gasteiger partial charge on any atom is 0.328 e. The van der Waals surface area contributed by atoms with E-state index in [4.69, 9.17) is 5.26 Å². The summed E-state index contributed by atoms with van der Waals surface area (Å²) in [7, 11) is 0. The molecule has 1 N–H and O–H groups in total. The number of likely N-dealkylation sites (N-methyl/N-ethyl adjacent to an activating group) is 1. The van der Waals surface area contributed by atoms with Gasteiger partial charge in [-0.05, 0) is 51.5 Å². The van der Waals surface area contributed by atoms with Crippen molar-refractivity contribution in [1.29, 1.82) is 5.26 Å². The van der Waals surface area contributed by atoms with Crippen molar-refractivity contribution in [2.45, 2.75) is 33.2 Å². The Labute approximate surface area is 107 Å². The predicted molar refractivity (Wildman–Crippen MR) is 70.6 cm³/mol. The normalized spacial score (nSPS) is 10.8. The van der Waals surface area contributed by atoms with E-state index in [0.29, 0.717) is 12.1 Å². The number of nitrogens with zero attached hydrogens (tertiary/aromatic N) is 2. The molecular formula is C14H18N2O2. The van der Waals surface area contributed by atoms with E-state index in [-0.39, 0.29) is 0 Å². The lowest BCUT2D eigenvalue weighted by Gasteiger charge is -2.36. The molecule has 0 saturated carbocycles. The largest absolute Gasteiger partial charge is 0.480 e. The van der Waals surface area contributed by atoms with Crippen molar-refractivity contribution in [3.8, 4) is 6.07 Å². The van der Waals surface area contributed by atoms with Gasteiger partial charge in [-0.3, -0.25) is 0 Å². The highest BCUT2D eigenvalue weighted by Gasteiger charge is 2.33. The summed E-state index contributed by atoms with van der Waals surface area (Å²) in [5.74, 6) is -0.869. The lowest BCUT2D eigenvalue weighted by atomic mass is 10.0. The van der Waals surface area contributed by atoms with E-state index in [9.17, 15) is 9.90 Å². The van der Waals surface area contributed by atoms with Crippen molar-refractivity contribution in [2.75, 3.05) is 11.4 Å². The van der Waals surface area contributed by atoms with Crippen LogP contribution in [0.1, 0.15) is 31.9 Å². The molecule has 0 aliphatic carbocycles. The summed E-state index contributed by atoms with van der Waals surface area (Å²) in [5.41, 5.74) is 1.31.